The second-order valence-corrected chi connectivity index (χ2v) is 6.29. The predicted molar refractivity (Wildman–Crippen MR) is 102 cm³/mol. The van der Waals surface area contributed by atoms with Gasteiger partial charge in [-0.25, -0.2) is 4.79 Å². The van der Waals surface area contributed by atoms with Gasteiger partial charge in [-0.2, -0.15) is 0 Å². The lowest BCUT2D eigenvalue weighted by Crippen LogP contribution is -2.21. The minimum atomic E-state index is -0.609. The normalized spacial score (nSPS) is 10.6. The van der Waals surface area contributed by atoms with E-state index in [1.807, 2.05) is 26.0 Å². The molecule has 7 heteroatoms. The molecule has 0 bridgehead atoms. The van der Waals surface area contributed by atoms with Crippen molar-refractivity contribution in [2.24, 2.45) is 5.73 Å². The summed E-state index contributed by atoms with van der Waals surface area (Å²) in [5.74, 6) is -1.65. The highest BCUT2D eigenvalue weighted by molar-refractivity contribution is 5.98. The van der Waals surface area contributed by atoms with Crippen LogP contribution < -0.4 is 11.1 Å². The van der Waals surface area contributed by atoms with Crippen molar-refractivity contribution in [2.75, 3.05) is 11.9 Å². The van der Waals surface area contributed by atoms with Crippen molar-refractivity contribution in [3.8, 4) is 0 Å². The van der Waals surface area contributed by atoms with Crippen LogP contribution in [0.2, 0.25) is 0 Å². The summed E-state index contributed by atoms with van der Waals surface area (Å²) < 4.78 is 5.07. The SMILES string of the molecule is Cc1cc(C)c2cc(C(=O)OCC(=O)Nc3ccc(C(N)=O)cc3)[nH]c2c1. The largest absolute Gasteiger partial charge is 0.451 e. The average Bonchev–Trinajstić information content (AvgIpc) is 3.04. The van der Waals surface area contributed by atoms with Gasteiger partial charge in [0.05, 0.1) is 0 Å². The molecular formula is C20H19N3O4. The highest BCUT2D eigenvalue weighted by Crippen LogP contribution is 2.21. The maximum absolute atomic E-state index is 12.2. The molecule has 0 atom stereocenters. The first kappa shape index (κ1) is 18.2. The second-order valence-electron chi connectivity index (χ2n) is 6.29. The lowest BCUT2D eigenvalue weighted by molar-refractivity contribution is -0.119. The average molecular weight is 365 g/mol. The Morgan fingerprint density at radius 3 is 2.44 bits per heavy atom. The fourth-order valence-corrected chi connectivity index (χ4v) is 2.83. The van der Waals surface area contributed by atoms with Crippen molar-refractivity contribution >= 4 is 34.4 Å². The molecule has 138 valence electrons. The molecule has 3 aromatic rings. The number of ether oxygens (including phenoxy) is 1. The quantitative estimate of drug-likeness (QED) is 0.603. The molecule has 1 aromatic heterocycles. The van der Waals surface area contributed by atoms with Gasteiger partial charge in [0.15, 0.2) is 6.61 Å². The van der Waals surface area contributed by atoms with Crippen LogP contribution >= 0.6 is 0 Å². The molecule has 0 saturated carbocycles. The Kier molecular flexibility index (Phi) is 4.94. The Labute approximate surface area is 155 Å². The third kappa shape index (κ3) is 4.14. The number of hydrogen-bond donors (Lipinski definition) is 3. The first-order valence-electron chi connectivity index (χ1n) is 8.30. The number of aryl methyl sites for hydroxylation is 2. The van der Waals surface area contributed by atoms with Gasteiger partial charge in [-0.1, -0.05) is 6.07 Å². The molecule has 2 amide bonds. The summed E-state index contributed by atoms with van der Waals surface area (Å²) in [4.78, 5) is 38.2. The van der Waals surface area contributed by atoms with Gasteiger partial charge in [0.1, 0.15) is 5.69 Å². The van der Waals surface area contributed by atoms with Gasteiger partial charge >= 0.3 is 5.97 Å². The van der Waals surface area contributed by atoms with Crippen molar-refractivity contribution in [1.29, 1.82) is 0 Å². The van der Waals surface area contributed by atoms with E-state index >= 15 is 0 Å². The Morgan fingerprint density at radius 1 is 1.07 bits per heavy atom. The van der Waals surface area contributed by atoms with Crippen LogP contribution in [0.25, 0.3) is 10.9 Å². The van der Waals surface area contributed by atoms with Crippen LogP contribution in [0.3, 0.4) is 0 Å². The second kappa shape index (κ2) is 7.33. The summed E-state index contributed by atoms with van der Waals surface area (Å²) >= 11 is 0. The first-order valence-corrected chi connectivity index (χ1v) is 8.30. The Morgan fingerprint density at radius 2 is 1.78 bits per heavy atom. The topological polar surface area (TPSA) is 114 Å². The number of anilines is 1. The summed E-state index contributed by atoms with van der Waals surface area (Å²) in [6.45, 7) is 3.52. The fraction of sp³-hybridized carbons (Fsp3) is 0.150. The number of primary amides is 1. The molecule has 0 unspecified atom stereocenters. The maximum Gasteiger partial charge on any atom is 0.355 e. The molecule has 0 fully saturated rings. The van der Waals surface area contributed by atoms with Crippen LogP contribution in [0.5, 0.6) is 0 Å². The summed E-state index contributed by atoms with van der Waals surface area (Å²) in [7, 11) is 0. The zero-order valence-corrected chi connectivity index (χ0v) is 15.0. The molecule has 0 aliphatic carbocycles. The van der Waals surface area contributed by atoms with E-state index in [0.29, 0.717) is 11.3 Å². The van der Waals surface area contributed by atoms with Gasteiger partial charge in [0.25, 0.3) is 5.91 Å². The highest BCUT2D eigenvalue weighted by atomic mass is 16.5. The lowest BCUT2D eigenvalue weighted by Gasteiger charge is -2.06. The van der Waals surface area contributed by atoms with Crippen LogP contribution in [0.4, 0.5) is 5.69 Å². The highest BCUT2D eigenvalue weighted by Gasteiger charge is 2.14. The number of nitrogens with one attached hydrogen (secondary N) is 2. The number of amides is 2. The molecule has 2 aromatic carbocycles. The van der Waals surface area contributed by atoms with Crippen LogP contribution in [-0.2, 0) is 9.53 Å². The number of fused-ring (bicyclic) bond motifs is 1. The van der Waals surface area contributed by atoms with Crippen LogP contribution in [0.1, 0.15) is 32.0 Å². The van der Waals surface area contributed by atoms with Gasteiger partial charge in [-0.3, -0.25) is 9.59 Å². The molecule has 1 heterocycles. The third-order valence-corrected chi connectivity index (χ3v) is 4.10. The Bertz CT molecular complexity index is 1040. The van der Waals surface area contributed by atoms with Crippen molar-refractivity contribution in [1.82, 2.24) is 4.98 Å². The van der Waals surface area contributed by atoms with E-state index < -0.39 is 24.4 Å². The summed E-state index contributed by atoms with van der Waals surface area (Å²) in [6, 6.07) is 11.8. The number of hydrogen-bond acceptors (Lipinski definition) is 4. The summed E-state index contributed by atoms with van der Waals surface area (Å²) in [5.41, 5.74) is 9.24. The van der Waals surface area contributed by atoms with Gasteiger partial charge < -0.3 is 20.8 Å². The van der Waals surface area contributed by atoms with E-state index in [9.17, 15) is 14.4 Å². The number of aromatic amines is 1. The molecule has 0 saturated heterocycles. The number of aromatic nitrogens is 1. The summed E-state index contributed by atoms with van der Waals surface area (Å²) in [6.07, 6.45) is 0. The zero-order valence-electron chi connectivity index (χ0n) is 15.0. The van der Waals surface area contributed by atoms with Crippen molar-refractivity contribution in [3.05, 3.63) is 64.8 Å². The minimum absolute atomic E-state index is 0.289. The number of rotatable bonds is 5. The monoisotopic (exact) mass is 365 g/mol. The van der Waals surface area contributed by atoms with Crippen molar-refractivity contribution < 1.29 is 19.1 Å². The Hall–Kier alpha value is -3.61. The van der Waals surface area contributed by atoms with Gasteiger partial charge in [0, 0.05) is 22.2 Å². The molecule has 0 aliphatic rings. The van der Waals surface area contributed by atoms with Gasteiger partial charge in [-0.15, -0.1) is 0 Å². The number of esters is 1. The van der Waals surface area contributed by atoms with E-state index in [1.54, 1.807) is 18.2 Å². The first-order chi connectivity index (χ1) is 12.8. The Balaban J connectivity index is 1.60. The van der Waals surface area contributed by atoms with Crippen molar-refractivity contribution in [3.63, 3.8) is 0 Å². The van der Waals surface area contributed by atoms with E-state index in [-0.39, 0.29) is 5.69 Å². The zero-order chi connectivity index (χ0) is 19.6. The molecule has 3 rings (SSSR count). The molecule has 0 aliphatic heterocycles. The predicted octanol–water partition coefficient (Wildman–Crippen LogP) is 2.68. The number of carbonyl (C=O) groups is 3. The number of H-pyrrole nitrogens is 1. The molecule has 4 N–H and O–H groups in total. The maximum atomic E-state index is 12.2. The van der Waals surface area contributed by atoms with Crippen LogP contribution in [-0.4, -0.2) is 29.4 Å². The number of nitrogens with two attached hydrogens (primary N) is 1. The number of benzene rings is 2. The lowest BCUT2D eigenvalue weighted by atomic mass is 10.1. The number of carbonyl (C=O) groups excluding carboxylic acids is 3. The van der Waals surface area contributed by atoms with E-state index in [0.717, 1.165) is 22.0 Å². The van der Waals surface area contributed by atoms with Crippen LogP contribution in [0.15, 0.2) is 42.5 Å². The summed E-state index contributed by atoms with van der Waals surface area (Å²) in [5, 5.41) is 3.52. The van der Waals surface area contributed by atoms with E-state index in [2.05, 4.69) is 10.3 Å². The van der Waals surface area contributed by atoms with E-state index in [4.69, 9.17) is 10.5 Å². The molecule has 7 nitrogen and oxygen atoms in total. The van der Waals surface area contributed by atoms with Gasteiger partial charge in [0.2, 0.25) is 5.91 Å². The smallest absolute Gasteiger partial charge is 0.355 e. The molecular weight excluding hydrogens is 346 g/mol. The minimum Gasteiger partial charge on any atom is -0.451 e. The van der Waals surface area contributed by atoms with E-state index in [1.165, 1.54) is 12.1 Å². The molecule has 27 heavy (non-hydrogen) atoms. The third-order valence-electron chi connectivity index (χ3n) is 4.10. The molecule has 0 spiro atoms. The van der Waals surface area contributed by atoms with Crippen molar-refractivity contribution in [2.45, 2.75) is 13.8 Å². The molecule has 0 radical (unpaired) electrons. The standard InChI is InChI=1S/C20H19N3O4/c1-11-7-12(2)15-9-17(23-16(15)8-11)20(26)27-10-18(24)22-14-5-3-13(4-6-14)19(21)25/h3-9,23H,10H2,1-2H3,(H2,21,25)(H,22,24). The van der Waals surface area contributed by atoms with Gasteiger partial charge in [-0.05, 0) is 61.4 Å². The van der Waals surface area contributed by atoms with Crippen LogP contribution in [0, 0.1) is 13.8 Å². The fourth-order valence-electron chi connectivity index (χ4n) is 2.83.